The van der Waals surface area contributed by atoms with Gasteiger partial charge in [-0.05, 0) is 58.1 Å². The number of rotatable bonds is 10. The van der Waals surface area contributed by atoms with Crippen molar-refractivity contribution in [1.29, 1.82) is 0 Å². The highest BCUT2D eigenvalue weighted by molar-refractivity contribution is 5.79. The first kappa shape index (κ1) is 23.4. The van der Waals surface area contributed by atoms with Gasteiger partial charge in [-0.1, -0.05) is 19.9 Å². The van der Waals surface area contributed by atoms with Crippen LogP contribution in [0.25, 0.3) is 0 Å². The summed E-state index contributed by atoms with van der Waals surface area (Å²) in [5.74, 6) is 1.93. The van der Waals surface area contributed by atoms with Crippen LogP contribution in [0.1, 0.15) is 39.2 Å². The molecule has 0 radical (unpaired) electrons. The smallest absolute Gasteiger partial charge is 0.191 e. The van der Waals surface area contributed by atoms with Gasteiger partial charge in [0.2, 0.25) is 0 Å². The van der Waals surface area contributed by atoms with Crippen molar-refractivity contribution in [3.63, 3.8) is 0 Å². The number of hydrogen-bond donors (Lipinski definition) is 2. The van der Waals surface area contributed by atoms with Gasteiger partial charge in [0.05, 0.1) is 0 Å². The van der Waals surface area contributed by atoms with Gasteiger partial charge in [-0.15, -0.1) is 0 Å². The molecule has 0 amide bonds. The van der Waals surface area contributed by atoms with Crippen LogP contribution in [0.5, 0.6) is 0 Å². The number of piperazine rings is 1. The fourth-order valence-corrected chi connectivity index (χ4v) is 3.59. The van der Waals surface area contributed by atoms with Crippen LogP contribution in [0, 0.1) is 0 Å². The van der Waals surface area contributed by atoms with Crippen molar-refractivity contribution in [2.45, 2.75) is 46.2 Å². The Morgan fingerprint density at radius 2 is 1.93 bits per heavy atom. The molecule has 0 bridgehead atoms. The Hall–Kier alpha value is -1.86. The Labute approximate surface area is 177 Å². The lowest BCUT2D eigenvalue weighted by Crippen LogP contribution is -2.44. The standard InChI is InChI=1S/C22H41N7/c1-6-28(7-2)12-8-9-19(3)26-22(23-4)25-18-20-10-11-21(24-17-20)29-15-13-27(5)14-16-29/h10-11,17,19H,6-9,12-16,18H2,1-5H3,(H2,23,25,26). The first-order valence-corrected chi connectivity index (χ1v) is 11.1. The monoisotopic (exact) mass is 403 g/mol. The maximum Gasteiger partial charge on any atom is 0.191 e. The molecule has 1 aliphatic heterocycles. The third kappa shape index (κ3) is 8.19. The fraction of sp³-hybridized carbons (Fsp3) is 0.727. The van der Waals surface area contributed by atoms with Crippen LogP contribution >= 0.6 is 0 Å². The Morgan fingerprint density at radius 3 is 2.52 bits per heavy atom. The zero-order chi connectivity index (χ0) is 21.1. The molecule has 0 aromatic carbocycles. The predicted molar refractivity (Wildman–Crippen MR) is 124 cm³/mol. The number of aromatic nitrogens is 1. The zero-order valence-corrected chi connectivity index (χ0v) is 19.1. The molecular weight excluding hydrogens is 362 g/mol. The Morgan fingerprint density at radius 1 is 1.21 bits per heavy atom. The van der Waals surface area contributed by atoms with Gasteiger partial charge in [-0.3, -0.25) is 4.99 Å². The molecule has 7 nitrogen and oxygen atoms in total. The number of likely N-dealkylation sites (N-methyl/N-ethyl adjacent to an activating group) is 1. The Bertz CT molecular complexity index is 590. The summed E-state index contributed by atoms with van der Waals surface area (Å²) in [7, 11) is 4.00. The summed E-state index contributed by atoms with van der Waals surface area (Å²) in [6.45, 7) is 15.1. The molecule has 164 valence electrons. The first-order valence-electron chi connectivity index (χ1n) is 11.1. The lowest BCUT2D eigenvalue weighted by atomic mass is 10.2. The number of nitrogens with zero attached hydrogens (tertiary/aromatic N) is 5. The molecule has 1 atom stereocenters. The molecule has 2 rings (SSSR count). The summed E-state index contributed by atoms with van der Waals surface area (Å²) in [6, 6.07) is 4.69. The van der Waals surface area contributed by atoms with E-state index in [4.69, 9.17) is 0 Å². The van der Waals surface area contributed by atoms with Crippen molar-refractivity contribution >= 4 is 11.8 Å². The van der Waals surface area contributed by atoms with E-state index < -0.39 is 0 Å². The van der Waals surface area contributed by atoms with Crippen LogP contribution in [-0.4, -0.2) is 86.7 Å². The van der Waals surface area contributed by atoms with Crippen LogP contribution in [-0.2, 0) is 6.54 Å². The second-order valence-electron chi connectivity index (χ2n) is 7.96. The minimum atomic E-state index is 0.398. The largest absolute Gasteiger partial charge is 0.354 e. The molecular formula is C22H41N7. The summed E-state index contributed by atoms with van der Waals surface area (Å²) in [5.41, 5.74) is 1.17. The molecule has 2 N–H and O–H groups in total. The van der Waals surface area contributed by atoms with Crippen LogP contribution in [0.15, 0.2) is 23.3 Å². The zero-order valence-electron chi connectivity index (χ0n) is 19.1. The lowest BCUT2D eigenvalue weighted by Gasteiger charge is -2.33. The Kier molecular flexibility index (Phi) is 10.2. The second-order valence-corrected chi connectivity index (χ2v) is 7.96. The van der Waals surface area contributed by atoms with Crippen LogP contribution in [0.4, 0.5) is 5.82 Å². The molecule has 1 aromatic rings. The molecule has 1 fully saturated rings. The molecule has 0 spiro atoms. The molecule has 2 heterocycles. The van der Waals surface area contributed by atoms with E-state index in [1.54, 1.807) is 0 Å². The number of nitrogens with one attached hydrogen (secondary N) is 2. The topological polar surface area (TPSA) is 59.0 Å². The van der Waals surface area contributed by atoms with Crippen molar-refractivity contribution < 1.29 is 0 Å². The normalized spacial score (nSPS) is 16.9. The number of pyridine rings is 1. The molecule has 1 aliphatic rings. The van der Waals surface area contributed by atoms with E-state index in [1.165, 1.54) is 12.0 Å². The van der Waals surface area contributed by atoms with Crippen LogP contribution < -0.4 is 15.5 Å². The van der Waals surface area contributed by atoms with Gasteiger partial charge in [-0.2, -0.15) is 0 Å². The highest BCUT2D eigenvalue weighted by Gasteiger charge is 2.15. The van der Waals surface area contributed by atoms with Crippen molar-refractivity contribution in [3.05, 3.63) is 23.9 Å². The van der Waals surface area contributed by atoms with Crippen molar-refractivity contribution in [2.24, 2.45) is 4.99 Å². The maximum atomic E-state index is 4.67. The Balaban J connectivity index is 1.73. The van der Waals surface area contributed by atoms with Crippen molar-refractivity contribution in [2.75, 3.05) is 64.8 Å². The lowest BCUT2D eigenvalue weighted by molar-refractivity contribution is 0.292. The third-order valence-electron chi connectivity index (χ3n) is 5.71. The van der Waals surface area contributed by atoms with E-state index in [0.29, 0.717) is 6.04 Å². The van der Waals surface area contributed by atoms with Crippen molar-refractivity contribution in [3.8, 4) is 0 Å². The average molecular weight is 404 g/mol. The molecule has 1 unspecified atom stereocenters. The molecule has 1 saturated heterocycles. The van der Waals surface area contributed by atoms with E-state index in [9.17, 15) is 0 Å². The minimum Gasteiger partial charge on any atom is -0.354 e. The number of anilines is 1. The van der Waals surface area contributed by atoms with Gasteiger partial charge in [-0.25, -0.2) is 4.98 Å². The van der Waals surface area contributed by atoms with E-state index in [0.717, 1.165) is 70.6 Å². The van der Waals surface area contributed by atoms with E-state index in [2.05, 4.69) is 75.3 Å². The SMILES string of the molecule is CCN(CC)CCCC(C)NC(=NC)NCc1ccc(N2CCN(C)CC2)nc1. The minimum absolute atomic E-state index is 0.398. The van der Waals surface area contributed by atoms with Gasteiger partial charge in [0.25, 0.3) is 0 Å². The van der Waals surface area contributed by atoms with E-state index in [1.807, 2.05) is 13.2 Å². The first-order chi connectivity index (χ1) is 14.0. The van der Waals surface area contributed by atoms with E-state index in [-0.39, 0.29) is 0 Å². The highest BCUT2D eigenvalue weighted by atomic mass is 15.3. The van der Waals surface area contributed by atoms with Crippen LogP contribution in [0.3, 0.4) is 0 Å². The van der Waals surface area contributed by atoms with Gasteiger partial charge >= 0.3 is 0 Å². The predicted octanol–water partition coefficient (Wildman–Crippen LogP) is 2.01. The molecule has 0 saturated carbocycles. The molecule has 7 heteroatoms. The average Bonchev–Trinajstić information content (AvgIpc) is 2.75. The molecule has 0 aliphatic carbocycles. The maximum absolute atomic E-state index is 4.67. The number of hydrogen-bond acceptors (Lipinski definition) is 5. The van der Waals surface area contributed by atoms with Gasteiger partial charge in [0.15, 0.2) is 5.96 Å². The molecule has 1 aromatic heterocycles. The van der Waals surface area contributed by atoms with Gasteiger partial charge < -0.3 is 25.3 Å². The molecule has 29 heavy (non-hydrogen) atoms. The third-order valence-corrected chi connectivity index (χ3v) is 5.71. The second kappa shape index (κ2) is 12.6. The van der Waals surface area contributed by atoms with E-state index >= 15 is 0 Å². The summed E-state index contributed by atoms with van der Waals surface area (Å²) in [5, 5.41) is 6.91. The fourth-order valence-electron chi connectivity index (χ4n) is 3.59. The number of aliphatic imine (C=N–C) groups is 1. The summed E-state index contributed by atoms with van der Waals surface area (Å²) >= 11 is 0. The van der Waals surface area contributed by atoms with Gasteiger partial charge in [0, 0.05) is 52.0 Å². The summed E-state index contributed by atoms with van der Waals surface area (Å²) < 4.78 is 0. The van der Waals surface area contributed by atoms with Gasteiger partial charge in [0.1, 0.15) is 5.82 Å². The summed E-state index contributed by atoms with van der Waals surface area (Å²) in [4.78, 5) is 16.2. The number of guanidine groups is 1. The quantitative estimate of drug-likeness (QED) is 0.460. The van der Waals surface area contributed by atoms with Crippen LogP contribution in [0.2, 0.25) is 0 Å². The van der Waals surface area contributed by atoms with Crippen molar-refractivity contribution in [1.82, 2.24) is 25.4 Å². The summed E-state index contributed by atoms with van der Waals surface area (Å²) in [6.07, 6.45) is 4.31. The highest BCUT2D eigenvalue weighted by Crippen LogP contribution is 2.13.